The molecule has 0 radical (unpaired) electrons. The average Bonchev–Trinajstić information content (AvgIpc) is 3.08. The Morgan fingerprint density at radius 1 is 1.23 bits per heavy atom. The molecule has 0 spiro atoms. The minimum Gasteiger partial charge on any atom is -0.462 e. The smallest absolute Gasteiger partial charge is 0.339 e. The first-order chi connectivity index (χ1) is 12.4. The number of nitrogens with one attached hydrogen (secondary N) is 1. The number of aromatic nitrogens is 2. The van der Waals surface area contributed by atoms with Gasteiger partial charge in [0.1, 0.15) is 6.54 Å². The summed E-state index contributed by atoms with van der Waals surface area (Å²) in [5, 5.41) is 3.91. The Labute approximate surface area is 155 Å². The number of nitrogens with zero attached hydrogens (tertiary/aromatic N) is 2. The molecule has 0 unspecified atom stereocenters. The predicted molar refractivity (Wildman–Crippen MR) is 103 cm³/mol. The fourth-order valence-electron chi connectivity index (χ4n) is 2.92. The van der Waals surface area contributed by atoms with Crippen molar-refractivity contribution in [3.63, 3.8) is 0 Å². The van der Waals surface area contributed by atoms with Gasteiger partial charge in [-0.25, -0.2) is 9.78 Å². The molecule has 26 heavy (non-hydrogen) atoms. The highest BCUT2D eigenvalue weighted by Crippen LogP contribution is 2.25. The molecule has 7 heteroatoms. The molecule has 0 bridgehead atoms. The van der Waals surface area contributed by atoms with Gasteiger partial charge in [0.25, 0.3) is 0 Å². The molecule has 3 rings (SSSR count). The minimum absolute atomic E-state index is 0.136. The van der Waals surface area contributed by atoms with Crippen molar-refractivity contribution in [3.8, 4) is 0 Å². The summed E-state index contributed by atoms with van der Waals surface area (Å²) >= 11 is 1.59. The summed E-state index contributed by atoms with van der Waals surface area (Å²) in [6.07, 6.45) is 0. The molecule has 0 aliphatic heterocycles. The monoisotopic (exact) mass is 371 g/mol. The van der Waals surface area contributed by atoms with Crippen molar-refractivity contribution in [3.05, 3.63) is 46.2 Å². The molecule has 2 heterocycles. The summed E-state index contributed by atoms with van der Waals surface area (Å²) in [7, 11) is 0. The number of benzene rings is 1. The van der Waals surface area contributed by atoms with E-state index in [1.54, 1.807) is 24.3 Å². The van der Waals surface area contributed by atoms with Crippen LogP contribution in [0.4, 0.5) is 5.69 Å². The quantitative estimate of drug-likeness (QED) is 0.692. The lowest BCUT2D eigenvalue weighted by Crippen LogP contribution is -2.20. The van der Waals surface area contributed by atoms with E-state index in [1.165, 1.54) is 0 Å². The van der Waals surface area contributed by atoms with E-state index in [-0.39, 0.29) is 18.4 Å². The standard InChI is InChI=1S/C19H21N3O3S/c1-5-25-19(24)15-8-11(2)22(12(15)3)10-18(23)21-14-6-7-16-17(9-14)26-13(4)20-16/h6-9H,5,10H2,1-4H3,(H,21,23). The van der Waals surface area contributed by atoms with Crippen molar-refractivity contribution in [2.45, 2.75) is 34.2 Å². The van der Waals surface area contributed by atoms with Crippen LogP contribution in [0, 0.1) is 20.8 Å². The van der Waals surface area contributed by atoms with Crippen LogP contribution in [0.2, 0.25) is 0 Å². The zero-order chi connectivity index (χ0) is 18.8. The topological polar surface area (TPSA) is 73.2 Å². The lowest BCUT2D eigenvalue weighted by molar-refractivity contribution is -0.116. The van der Waals surface area contributed by atoms with Crippen LogP contribution in [0.15, 0.2) is 24.3 Å². The molecule has 0 aliphatic rings. The third-order valence-corrected chi connectivity index (χ3v) is 5.08. The number of anilines is 1. The van der Waals surface area contributed by atoms with E-state index in [0.717, 1.165) is 32.3 Å². The van der Waals surface area contributed by atoms with Crippen LogP contribution in [0.1, 0.15) is 33.7 Å². The number of rotatable bonds is 5. The number of ether oxygens (including phenoxy) is 1. The second-order valence-corrected chi connectivity index (χ2v) is 7.29. The summed E-state index contributed by atoms with van der Waals surface area (Å²) in [6, 6.07) is 7.43. The molecule has 1 amide bonds. The molecule has 6 nitrogen and oxygen atoms in total. The Morgan fingerprint density at radius 2 is 2.00 bits per heavy atom. The van der Waals surface area contributed by atoms with Gasteiger partial charge < -0.3 is 14.6 Å². The normalized spacial score (nSPS) is 10.9. The Balaban J connectivity index is 1.75. The maximum absolute atomic E-state index is 12.5. The van der Waals surface area contributed by atoms with Crippen molar-refractivity contribution < 1.29 is 14.3 Å². The zero-order valence-electron chi connectivity index (χ0n) is 15.3. The summed E-state index contributed by atoms with van der Waals surface area (Å²) in [5.41, 5.74) is 3.73. The van der Waals surface area contributed by atoms with Crippen molar-refractivity contribution in [1.29, 1.82) is 0 Å². The maximum Gasteiger partial charge on any atom is 0.339 e. The van der Waals surface area contributed by atoms with Gasteiger partial charge in [0.15, 0.2) is 0 Å². The van der Waals surface area contributed by atoms with Gasteiger partial charge in [0, 0.05) is 17.1 Å². The predicted octanol–water partition coefficient (Wildman–Crippen LogP) is 3.84. The van der Waals surface area contributed by atoms with Crippen LogP contribution >= 0.6 is 11.3 Å². The molecule has 3 aromatic rings. The SMILES string of the molecule is CCOC(=O)c1cc(C)n(CC(=O)Nc2ccc3nc(C)sc3c2)c1C. The number of carbonyl (C=O) groups is 2. The zero-order valence-corrected chi connectivity index (χ0v) is 16.1. The highest BCUT2D eigenvalue weighted by atomic mass is 32.1. The second-order valence-electron chi connectivity index (χ2n) is 6.05. The molecule has 1 aromatic carbocycles. The number of hydrogen-bond acceptors (Lipinski definition) is 5. The van der Waals surface area contributed by atoms with Crippen LogP contribution in [-0.2, 0) is 16.1 Å². The number of hydrogen-bond donors (Lipinski definition) is 1. The highest BCUT2D eigenvalue weighted by Gasteiger charge is 2.18. The third kappa shape index (κ3) is 3.62. The molecule has 136 valence electrons. The lowest BCUT2D eigenvalue weighted by Gasteiger charge is -2.10. The third-order valence-electron chi connectivity index (χ3n) is 4.15. The lowest BCUT2D eigenvalue weighted by atomic mass is 10.2. The van der Waals surface area contributed by atoms with E-state index >= 15 is 0 Å². The molecule has 0 saturated carbocycles. The number of amides is 1. The Bertz CT molecular complexity index is 987. The van der Waals surface area contributed by atoms with E-state index in [2.05, 4.69) is 10.3 Å². The van der Waals surface area contributed by atoms with E-state index in [1.807, 2.05) is 43.5 Å². The molecule has 0 fully saturated rings. The first-order valence-electron chi connectivity index (χ1n) is 8.40. The van der Waals surface area contributed by atoms with Gasteiger partial charge in [0.2, 0.25) is 5.91 Å². The number of carbonyl (C=O) groups excluding carboxylic acids is 2. The van der Waals surface area contributed by atoms with Crippen molar-refractivity contribution >= 4 is 39.1 Å². The van der Waals surface area contributed by atoms with Gasteiger partial charge in [-0.1, -0.05) is 0 Å². The Morgan fingerprint density at radius 3 is 2.73 bits per heavy atom. The Hall–Kier alpha value is -2.67. The maximum atomic E-state index is 12.5. The van der Waals surface area contributed by atoms with Gasteiger partial charge in [0.05, 0.1) is 27.4 Å². The molecular weight excluding hydrogens is 350 g/mol. The summed E-state index contributed by atoms with van der Waals surface area (Å²) in [5.74, 6) is -0.513. The molecule has 2 aromatic heterocycles. The van der Waals surface area contributed by atoms with Crippen LogP contribution < -0.4 is 5.32 Å². The van der Waals surface area contributed by atoms with Crippen LogP contribution in [0.5, 0.6) is 0 Å². The van der Waals surface area contributed by atoms with E-state index in [4.69, 9.17) is 4.74 Å². The van der Waals surface area contributed by atoms with Crippen LogP contribution in [-0.4, -0.2) is 28.0 Å². The molecule has 0 atom stereocenters. The van der Waals surface area contributed by atoms with E-state index < -0.39 is 0 Å². The number of esters is 1. The fourth-order valence-corrected chi connectivity index (χ4v) is 3.79. The summed E-state index contributed by atoms with van der Waals surface area (Å²) < 4.78 is 7.92. The second kappa shape index (κ2) is 7.29. The number of fused-ring (bicyclic) bond motifs is 1. The first-order valence-corrected chi connectivity index (χ1v) is 9.21. The van der Waals surface area contributed by atoms with Gasteiger partial charge in [-0.15, -0.1) is 11.3 Å². The highest BCUT2D eigenvalue weighted by molar-refractivity contribution is 7.18. The minimum atomic E-state index is -0.363. The van der Waals surface area contributed by atoms with E-state index in [9.17, 15) is 9.59 Å². The van der Waals surface area contributed by atoms with Gasteiger partial charge >= 0.3 is 5.97 Å². The molecule has 0 saturated heterocycles. The number of aryl methyl sites for hydroxylation is 2. The largest absolute Gasteiger partial charge is 0.462 e. The van der Waals surface area contributed by atoms with Gasteiger partial charge in [-0.3, -0.25) is 4.79 Å². The summed E-state index contributed by atoms with van der Waals surface area (Å²) in [4.78, 5) is 28.9. The van der Waals surface area contributed by atoms with Crippen molar-refractivity contribution in [2.24, 2.45) is 0 Å². The van der Waals surface area contributed by atoms with Gasteiger partial charge in [-0.2, -0.15) is 0 Å². The van der Waals surface area contributed by atoms with Crippen molar-refractivity contribution in [1.82, 2.24) is 9.55 Å². The fraction of sp³-hybridized carbons (Fsp3) is 0.316. The van der Waals surface area contributed by atoms with Crippen molar-refractivity contribution in [2.75, 3.05) is 11.9 Å². The molecular formula is C19H21N3O3S. The van der Waals surface area contributed by atoms with Gasteiger partial charge in [-0.05, 0) is 52.0 Å². The molecule has 1 N–H and O–H groups in total. The van der Waals surface area contributed by atoms with Crippen LogP contribution in [0.25, 0.3) is 10.2 Å². The number of thiazole rings is 1. The first kappa shape index (κ1) is 18.1. The Kier molecular flexibility index (Phi) is 5.08. The molecule has 0 aliphatic carbocycles. The summed E-state index contributed by atoms with van der Waals surface area (Å²) in [6.45, 7) is 7.88. The average molecular weight is 371 g/mol. The van der Waals surface area contributed by atoms with E-state index in [0.29, 0.717) is 12.2 Å². The van der Waals surface area contributed by atoms with Crippen LogP contribution in [0.3, 0.4) is 0 Å².